The number of hydrogen-bond acceptors (Lipinski definition) is 3. The highest BCUT2D eigenvalue weighted by Gasteiger charge is 2.17. The quantitative estimate of drug-likeness (QED) is 0.534. The maximum Gasteiger partial charge on any atom is 0.0343 e. The Hall–Kier alpha value is -0.120. The molecule has 1 unspecified atom stereocenters. The molecule has 1 fully saturated rings. The number of likely N-dealkylation sites (N-methyl/N-ethyl adjacent to an activating group) is 1. The third kappa shape index (κ3) is 1.68. The van der Waals surface area contributed by atoms with Crippen molar-refractivity contribution in [1.82, 2.24) is 10.2 Å². The van der Waals surface area contributed by atoms with Crippen molar-refractivity contribution in [3.63, 3.8) is 0 Å². The van der Waals surface area contributed by atoms with Crippen molar-refractivity contribution < 1.29 is 0 Å². The fourth-order valence-corrected chi connectivity index (χ4v) is 1.45. The molecule has 1 saturated heterocycles. The van der Waals surface area contributed by atoms with E-state index >= 15 is 0 Å². The van der Waals surface area contributed by atoms with E-state index < -0.39 is 0 Å². The van der Waals surface area contributed by atoms with Gasteiger partial charge in [0.15, 0.2) is 0 Å². The molecule has 1 aliphatic rings. The molecule has 60 valence electrons. The fourth-order valence-electron chi connectivity index (χ4n) is 1.45. The first-order chi connectivity index (χ1) is 4.88. The highest BCUT2D eigenvalue weighted by atomic mass is 15.2. The monoisotopic (exact) mass is 143 g/mol. The molecule has 1 aliphatic heterocycles. The van der Waals surface area contributed by atoms with Crippen LogP contribution in [0, 0.1) is 0 Å². The van der Waals surface area contributed by atoms with Gasteiger partial charge in [-0.2, -0.15) is 0 Å². The Morgan fingerprint density at radius 3 is 3.00 bits per heavy atom. The van der Waals surface area contributed by atoms with Crippen LogP contribution >= 0.6 is 0 Å². The first-order valence-corrected chi connectivity index (χ1v) is 4.03. The van der Waals surface area contributed by atoms with Gasteiger partial charge in [-0.1, -0.05) is 6.92 Å². The van der Waals surface area contributed by atoms with E-state index in [9.17, 15) is 0 Å². The lowest BCUT2D eigenvalue weighted by Gasteiger charge is -2.34. The highest BCUT2D eigenvalue weighted by molar-refractivity contribution is 4.78. The molecular formula is C7H17N3. The second-order valence-corrected chi connectivity index (χ2v) is 2.72. The van der Waals surface area contributed by atoms with E-state index in [4.69, 9.17) is 5.73 Å². The van der Waals surface area contributed by atoms with Gasteiger partial charge in [-0.05, 0) is 6.54 Å². The van der Waals surface area contributed by atoms with Gasteiger partial charge in [0, 0.05) is 32.2 Å². The Morgan fingerprint density at radius 2 is 2.50 bits per heavy atom. The normalized spacial score (nSPS) is 28.8. The van der Waals surface area contributed by atoms with Crippen molar-refractivity contribution >= 4 is 0 Å². The third-order valence-electron chi connectivity index (χ3n) is 2.15. The van der Waals surface area contributed by atoms with Crippen LogP contribution in [0.3, 0.4) is 0 Å². The van der Waals surface area contributed by atoms with Crippen LogP contribution in [-0.2, 0) is 0 Å². The molecule has 0 aromatic rings. The van der Waals surface area contributed by atoms with E-state index in [1.54, 1.807) is 0 Å². The molecular weight excluding hydrogens is 126 g/mol. The van der Waals surface area contributed by atoms with Crippen molar-refractivity contribution in [2.75, 3.05) is 32.7 Å². The Bertz CT molecular complexity index is 82.9. The first kappa shape index (κ1) is 7.98. The van der Waals surface area contributed by atoms with E-state index in [0.717, 1.165) is 32.7 Å². The van der Waals surface area contributed by atoms with Crippen molar-refractivity contribution in [2.24, 2.45) is 5.73 Å². The molecule has 0 radical (unpaired) electrons. The summed E-state index contributed by atoms with van der Waals surface area (Å²) in [6, 6.07) is 0.568. The van der Waals surface area contributed by atoms with Crippen LogP contribution in [0.2, 0.25) is 0 Å². The topological polar surface area (TPSA) is 41.3 Å². The SMILES string of the molecule is CCN1CCNCC1CN. The highest BCUT2D eigenvalue weighted by Crippen LogP contribution is 1.99. The molecule has 10 heavy (non-hydrogen) atoms. The summed E-state index contributed by atoms with van der Waals surface area (Å²) < 4.78 is 0. The lowest BCUT2D eigenvalue weighted by Crippen LogP contribution is -2.54. The van der Waals surface area contributed by atoms with Crippen LogP contribution in [0.15, 0.2) is 0 Å². The molecule has 0 spiro atoms. The molecule has 0 aromatic carbocycles. The molecule has 3 heteroatoms. The first-order valence-electron chi connectivity index (χ1n) is 4.03. The van der Waals surface area contributed by atoms with Crippen LogP contribution in [0.25, 0.3) is 0 Å². The predicted molar refractivity (Wildman–Crippen MR) is 43.0 cm³/mol. The van der Waals surface area contributed by atoms with E-state index in [2.05, 4.69) is 17.1 Å². The third-order valence-corrected chi connectivity index (χ3v) is 2.15. The summed E-state index contributed by atoms with van der Waals surface area (Å²) in [5.74, 6) is 0. The maximum absolute atomic E-state index is 5.59. The van der Waals surface area contributed by atoms with Gasteiger partial charge in [0.1, 0.15) is 0 Å². The summed E-state index contributed by atoms with van der Waals surface area (Å²) in [4.78, 5) is 2.43. The Morgan fingerprint density at radius 1 is 1.70 bits per heavy atom. The molecule has 3 nitrogen and oxygen atoms in total. The number of nitrogens with zero attached hydrogens (tertiary/aromatic N) is 1. The Kier molecular flexibility index (Phi) is 3.12. The average Bonchev–Trinajstić information content (AvgIpc) is 2.04. The molecule has 0 saturated carbocycles. The summed E-state index contributed by atoms with van der Waals surface area (Å²) in [5.41, 5.74) is 5.59. The van der Waals surface area contributed by atoms with Crippen molar-refractivity contribution in [3.05, 3.63) is 0 Å². The zero-order valence-electron chi connectivity index (χ0n) is 6.64. The number of nitrogens with two attached hydrogens (primary N) is 1. The lowest BCUT2D eigenvalue weighted by atomic mass is 10.2. The average molecular weight is 143 g/mol. The van der Waals surface area contributed by atoms with E-state index in [-0.39, 0.29) is 0 Å². The second kappa shape index (κ2) is 3.91. The van der Waals surface area contributed by atoms with Gasteiger partial charge in [-0.15, -0.1) is 0 Å². The number of nitrogens with one attached hydrogen (secondary N) is 1. The molecule has 0 amide bonds. The van der Waals surface area contributed by atoms with Gasteiger partial charge in [0.2, 0.25) is 0 Å². The fraction of sp³-hybridized carbons (Fsp3) is 1.00. The van der Waals surface area contributed by atoms with Gasteiger partial charge < -0.3 is 11.1 Å². The smallest absolute Gasteiger partial charge is 0.0343 e. The lowest BCUT2D eigenvalue weighted by molar-refractivity contribution is 0.174. The molecule has 1 heterocycles. The summed E-state index contributed by atoms with van der Waals surface area (Å²) in [6.45, 7) is 7.42. The minimum Gasteiger partial charge on any atom is -0.329 e. The maximum atomic E-state index is 5.59. The predicted octanol–water partition coefficient (Wildman–Crippen LogP) is -0.761. The standard InChI is InChI=1S/C7H17N3/c1-2-10-4-3-9-6-7(10)5-8/h7,9H,2-6,8H2,1H3. The van der Waals surface area contributed by atoms with E-state index in [1.165, 1.54) is 0 Å². The zero-order chi connectivity index (χ0) is 7.40. The number of piperazine rings is 1. The minimum absolute atomic E-state index is 0.568. The molecule has 3 N–H and O–H groups in total. The van der Waals surface area contributed by atoms with Crippen LogP contribution < -0.4 is 11.1 Å². The molecule has 0 aromatic heterocycles. The van der Waals surface area contributed by atoms with Crippen molar-refractivity contribution in [1.29, 1.82) is 0 Å². The summed E-state index contributed by atoms with van der Waals surface area (Å²) >= 11 is 0. The molecule has 0 aliphatic carbocycles. The summed E-state index contributed by atoms with van der Waals surface area (Å²) in [6.07, 6.45) is 0. The molecule has 1 rings (SSSR count). The van der Waals surface area contributed by atoms with Gasteiger partial charge in [0.25, 0.3) is 0 Å². The minimum atomic E-state index is 0.568. The summed E-state index contributed by atoms with van der Waals surface area (Å²) in [7, 11) is 0. The second-order valence-electron chi connectivity index (χ2n) is 2.72. The van der Waals surface area contributed by atoms with Gasteiger partial charge in [-0.25, -0.2) is 0 Å². The Balaban J connectivity index is 2.34. The zero-order valence-corrected chi connectivity index (χ0v) is 6.64. The number of rotatable bonds is 2. The van der Waals surface area contributed by atoms with E-state index in [1.807, 2.05) is 0 Å². The molecule has 1 atom stereocenters. The van der Waals surface area contributed by atoms with E-state index in [0.29, 0.717) is 6.04 Å². The Labute approximate surface area is 62.6 Å². The largest absolute Gasteiger partial charge is 0.329 e. The van der Waals surface area contributed by atoms with Crippen LogP contribution in [-0.4, -0.2) is 43.7 Å². The van der Waals surface area contributed by atoms with Crippen molar-refractivity contribution in [3.8, 4) is 0 Å². The van der Waals surface area contributed by atoms with Gasteiger partial charge in [-0.3, -0.25) is 4.90 Å². The molecule has 0 bridgehead atoms. The summed E-state index contributed by atoms with van der Waals surface area (Å²) in [5, 5.41) is 3.33. The van der Waals surface area contributed by atoms with Gasteiger partial charge >= 0.3 is 0 Å². The van der Waals surface area contributed by atoms with Crippen LogP contribution in [0.4, 0.5) is 0 Å². The number of hydrogen-bond donors (Lipinski definition) is 2. The van der Waals surface area contributed by atoms with Gasteiger partial charge in [0.05, 0.1) is 0 Å². The van der Waals surface area contributed by atoms with Crippen molar-refractivity contribution in [2.45, 2.75) is 13.0 Å². The van der Waals surface area contributed by atoms with Crippen LogP contribution in [0.1, 0.15) is 6.92 Å². The van der Waals surface area contributed by atoms with Crippen LogP contribution in [0.5, 0.6) is 0 Å².